The molecule has 0 spiro atoms. The van der Waals surface area contributed by atoms with E-state index in [1.165, 1.54) is 0 Å². The van der Waals surface area contributed by atoms with Crippen molar-refractivity contribution in [3.05, 3.63) is 28.8 Å². The van der Waals surface area contributed by atoms with Crippen molar-refractivity contribution in [3.8, 4) is 0 Å². The molecule has 0 aliphatic carbocycles. The van der Waals surface area contributed by atoms with Gasteiger partial charge in [0.1, 0.15) is 6.54 Å². The van der Waals surface area contributed by atoms with Crippen LogP contribution in [0.4, 0.5) is 18.9 Å². The summed E-state index contributed by atoms with van der Waals surface area (Å²) in [5.74, 6) is -1.50. The molecular weight excluding hydrogens is 323 g/mol. The summed E-state index contributed by atoms with van der Waals surface area (Å²) in [5, 5.41) is 8.03. The molecule has 20 heavy (non-hydrogen) atoms. The van der Waals surface area contributed by atoms with E-state index in [0.717, 1.165) is 12.1 Å². The van der Waals surface area contributed by atoms with Crippen LogP contribution in [-0.2, 0) is 21.0 Å². The van der Waals surface area contributed by atoms with E-state index in [2.05, 4.69) is 0 Å². The lowest BCUT2D eigenvalue weighted by molar-refractivity contribution is -0.137. The molecule has 1 aromatic carbocycles. The van der Waals surface area contributed by atoms with Crippen LogP contribution in [0.2, 0.25) is 5.02 Å². The van der Waals surface area contributed by atoms with Gasteiger partial charge in [-0.1, -0.05) is 11.6 Å². The Hall–Kier alpha value is -1.48. The second kappa shape index (κ2) is 5.49. The second-order valence-corrected chi connectivity index (χ2v) is 6.14. The number of halogens is 4. The van der Waals surface area contributed by atoms with Crippen molar-refractivity contribution in [2.24, 2.45) is 0 Å². The van der Waals surface area contributed by atoms with Gasteiger partial charge >= 0.3 is 12.1 Å². The van der Waals surface area contributed by atoms with E-state index in [0.29, 0.717) is 16.6 Å². The summed E-state index contributed by atoms with van der Waals surface area (Å²) < 4.78 is 61.3. The lowest BCUT2D eigenvalue weighted by Crippen LogP contribution is -2.35. The number of aliphatic carboxylic acids is 1. The predicted octanol–water partition coefficient (Wildman–Crippen LogP) is 2.21. The fourth-order valence-corrected chi connectivity index (χ4v) is 2.47. The van der Waals surface area contributed by atoms with Gasteiger partial charge < -0.3 is 5.11 Å². The van der Waals surface area contributed by atoms with E-state index in [1.54, 1.807) is 0 Å². The minimum Gasteiger partial charge on any atom is -0.480 e. The van der Waals surface area contributed by atoms with Gasteiger partial charge in [-0.2, -0.15) is 13.2 Å². The number of benzene rings is 1. The Bertz CT molecular complexity index is 630. The first-order valence-corrected chi connectivity index (χ1v) is 7.22. The summed E-state index contributed by atoms with van der Waals surface area (Å²) >= 11 is 5.40. The molecule has 0 fully saturated rings. The topological polar surface area (TPSA) is 74.7 Å². The molecule has 0 saturated carbocycles. The van der Waals surface area contributed by atoms with Crippen molar-refractivity contribution >= 4 is 33.3 Å². The average Bonchev–Trinajstić information content (AvgIpc) is 2.23. The molecule has 0 saturated heterocycles. The highest BCUT2D eigenvalue weighted by molar-refractivity contribution is 7.92. The Balaban J connectivity index is 3.40. The lowest BCUT2D eigenvalue weighted by atomic mass is 10.2. The van der Waals surface area contributed by atoms with Crippen LogP contribution in [0.1, 0.15) is 5.56 Å². The largest absolute Gasteiger partial charge is 0.480 e. The van der Waals surface area contributed by atoms with Gasteiger partial charge in [0.05, 0.1) is 22.5 Å². The van der Waals surface area contributed by atoms with Gasteiger partial charge in [0, 0.05) is 0 Å². The summed E-state index contributed by atoms with van der Waals surface area (Å²) in [6.07, 6.45) is -4.09. The number of anilines is 1. The first kappa shape index (κ1) is 16.6. The quantitative estimate of drug-likeness (QED) is 0.918. The number of rotatable bonds is 4. The number of alkyl halides is 3. The van der Waals surface area contributed by atoms with E-state index < -0.39 is 45.0 Å². The predicted molar refractivity (Wildman–Crippen MR) is 66.3 cm³/mol. The summed E-state index contributed by atoms with van der Waals surface area (Å²) in [4.78, 5) is 10.6. The van der Waals surface area contributed by atoms with E-state index in [9.17, 15) is 26.4 Å². The number of hydrogen-bond donors (Lipinski definition) is 1. The number of hydrogen-bond acceptors (Lipinski definition) is 3. The Labute approximate surface area is 117 Å². The monoisotopic (exact) mass is 331 g/mol. The van der Waals surface area contributed by atoms with Crippen LogP contribution in [0.5, 0.6) is 0 Å². The zero-order chi connectivity index (χ0) is 15.7. The summed E-state index contributed by atoms with van der Waals surface area (Å²) in [6.45, 7) is -0.988. The van der Waals surface area contributed by atoms with Gasteiger partial charge in [-0.3, -0.25) is 9.10 Å². The highest BCUT2D eigenvalue weighted by Crippen LogP contribution is 2.37. The normalized spacial score (nSPS) is 12.2. The third-order valence-corrected chi connectivity index (χ3v) is 3.69. The molecule has 0 radical (unpaired) electrons. The van der Waals surface area contributed by atoms with Crippen LogP contribution in [0, 0.1) is 0 Å². The van der Waals surface area contributed by atoms with E-state index in [4.69, 9.17) is 16.7 Å². The molecule has 0 atom stereocenters. The maximum atomic E-state index is 12.7. The van der Waals surface area contributed by atoms with Crippen LogP contribution in [0.15, 0.2) is 18.2 Å². The highest BCUT2D eigenvalue weighted by atomic mass is 35.5. The molecule has 1 rings (SSSR count). The van der Waals surface area contributed by atoms with E-state index in [-0.39, 0.29) is 0 Å². The van der Waals surface area contributed by atoms with E-state index >= 15 is 0 Å². The smallest absolute Gasteiger partial charge is 0.417 e. The number of carbonyl (C=O) groups is 1. The van der Waals surface area contributed by atoms with Crippen LogP contribution in [-0.4, -0.2) is 32.3 Å². The molecule has 0 unspecified atom stereocenters. The standard InChI is InChI=1S/C10H9ClF3NO4S/c1-20(18,19)15(5-9(16)17)6-2-3-8(11)7(4-6)10(12,13)14/h2-4H,5H2,1H3,(H,16,17). The molecule has 0 heterocycles. The van der Waals surface area contributed by atoms with E-state index in [1.807, 2.05) is 0 Å². The maximum absolute atomic E-state index is 12.7. The van der Waals surface area contributed by atoms with Crippen molar-refractivity contribution < 1.29 is 31.5 Å². The third-order valence-electron chi connectivity index (χ3n) is 2.22. The molecule has 112 valence electrons. The van der Waals surface area contributed by atoms with Crippen molar-refractivity contribution in [2.75, 3.05) is 17.1 Å². The molecule has 0 aromatic heterocycles. The van der Waals surface area contributed by atoms with Gasteiger partial charge in [-0.05, 0) is 18.2 Å². The molecule has 0 aliphatic heterocycles. The number of carboxylic acids is 1. The lowest BCUT2D eigenvalue weighted by Gasteiger charge is -2.21. The van der Waals surface area contributed by atoms with Crippen molar-refractivity contribution in [2.45, 2.75) is 6.18 Å². The Kier molecular flexibility index (Phi) is 4.55. The molecule has 0 bridgehead atoms. The summed E-state index contributed by atoms with van der Waals surface area (Å²) in [6, 6.07) is 2.35. The fraction of sp³-hybridized carbons (Fsp3) is 0.300. The van der Waals surface area contributed by atoms with Crippen LogP contribution in [0.25, 0.3) is 0 Å². The van der Waals surface area contributed by atoms with Crippen molar-refractivity contribution in [1.29, 1.82) is 0 Å². The van der Waals surface area contributed by atoms with Crippen molar-refractivity contribution in [3.63, 3.8) is 0 Å². The average molecular weight is 332 g/mol. The van der Waals surface area contributed by atoms with Crippen LogP contribution < -0.4 is 4.31 Å². The van der Waals surface area contributed by atoms with Gasteiger partial charge in [-0.15, -0.1) is 0 Å². The zero-order valence-corrected chi connectivity index (χ0v) is 11.6. The number of carboxylic acid groups (broad SMARTS) is 1. The Morgan fingerprint density at radius 2 is 1.95 bits per heavy atom. The van der Waals surface area contributed by atoms with Crippen molar-refractivity contribution in [1.82, 2.24) is 0 Å². The SMILES string of the molecule is CS(=O)(=O)N(CC(=O)O)c1ccc(Cl)c(C(F)(F)F)c1. The number of sulfonamides is 1. The van der Waals surface area contributed by atoms with Gasteiger partial charge in [-0.25, -0.2) is 8.42 Å². The second-order valence-electron chi connectivity index (χ2n) is 3.83. The number of nitrogens with zero attached hydrogens (tertiary/aromatic N) is 1. The van der Waals surface area contributed by atoms with Gasteiger partial charge in [0.15, 0.2) is 0 Å². The summed E-state index contributed by atoms with van der Waals surface area (Å²) in [7, 11) is -4.05. The molecule has 1 aromatic rings. The molecule has 10 heteroatoms. The minimum atomic E-state index is -4.78. The van der Waals surface area contributed by atoms with Crippen LogP contribution in [0.3, 0.4) is 0 Å². The first-order chi connectivity index (χ1) is 8.93. The van der Waals surface area contributed by atoms with Crippen LogP contribution >= 0.6 is 11.6 Å². The highest BCUT2D eigenvalue weighted by Gasteiger charge is 2.34. The molecule has 1 N–H and O–H groups in total. The third kappa shape index (κ3) is 4.01. The maximum Gasteiger partial charge on any atom is 0.417 e. The Morgan fingerprint density at radius 1 is 1.40 bits per heavy atom. The zero-order valence-electron chi connectivity index (χ0n) is 9.98. The Morgan fingerprint density at radius 3 is 2.35 bits per heavy atom. The van der Waals surface area contributed by atoms with Gasteiger partial charge in [0.2, 0.25) is 10.0 Å². The van der Waals surface area contributed by atoms with Gasteiger partial charge in [0.25, 0.3) is 0 Å². The molecule has 0 aliphatic rings. The summed E-state index contributed by atoms with van der Waals surface area (Å²) in [5.41, 5.74) is -1.66. The molecular formula is C10H9ClF3NO4S. The first-order valence-electron chi connectivity index (χ1n) is 4.99. The molecule has 0 amide bonds. The minimum absolute atomic E-state index is 0.348. The molecule has 5 nitrogen and oxygen atoms in total. The fourth-order valence-electron chi connectivity index (χ4n) is 1.41.